The Hall–Kier alpha value is -3.34. The van der Waals surface area contributed by atoms with Crippen LogP contribution in [0.2, 0.25) is 0 Å². The maximum absolute atomic E-state index is 12.8. The van der Waals surface area contributed by atoms with Crippen molar-refractivity contribution in [3.63, 3.8) is 0 Å². The van der Waals surface area contributed by atoms with Crippen molar-refractivity contribution in [2.75, 3.05) is 11.7 Å². The Morgan fingerprint density at radius 1 is 1.06 bits per heavy atom. The lowest BCUT2D eigenvalue weighted by Gasteiger charge is -2.23. The van der Waals surface area contributed by atoms with E-state index >= 15 is 0 Å². The van der Waals surface area contributed by atoms with Crippen molar-refractivity contribution in [1.82, 2.24) is 19.7 Å². The van der Waals surface area contributed by atoms with Gasteiger partial charge in [0.05, 0.1) is 24.0 Å². The number of nitrogens with zero attached hydrogens (tertiary/aromatic N) is 3. The monoisotopic (exact) mass is 493 g/mol. The molecule has 5 rings (SSSR count). The van der Waals surface area contributed by atoms with Gasteiger partial charge in [-0.05, 0) is 53.6 Å². The number of fused-ring (bicyclic) bond motifs is 1. The van der Waals surface area contributed by atoms with E-state index in [2.05, 4.69) is 24.7 Å². The van der Waals surface area contributed by atoms with Crippen LogP contribution >= 0.6 is 0 Å². The Kier molecular flexibility index (Phi) is 7.03. The lowest BCUT2D eigenvalue weighted by molar-refractivity contribution is -0.370. The third-order valence-electron chi connectivity index (χ3n) is 6.25. The molecule has 3 N–H and O–H groups in total. The molecule has 1 saturated carbocycles. The molecule has 182 valence electrons. The summed E-state index contributed by atoms with van der Waals surface area (Å²) in [6, 6.07) is 16.0. The third-order valence-corrected chi connectivity index (χ3v) is 7.67. The molecule has 1 fully saturated rings. The fourth-order valence-corrected chi connectivity index (χ4v) is 5.29. The third kappa shape index (κ3) is 5.67. The molecule has 2 aromatic carbocycles. The standard InChI is InChI=1S/C25H28N6O3S/c32-35(33,29-15-19-7-3-1-4-8-19)22-13-11-21(12-14-22)31(34-17-20-9-5-2-6-10-20)25-26-16-23-24(30-25)28-18-27-23/h1,3-4,7-8,11-14,16,18,20,29H,2,5-6,9-10,15,17H2,(H,26,27,28,30)/p+1. The maximum atomic E-state index is 12.8. The number of hydrogen-bond donors (Lipinski definition) is 2. The van der Waals surface area contributed by atoms with Gasteiger partial charge >= 0.3 is 5.95 Å². The van der Waals surface area contributed by atoms with E-state index in [1.54, 1.807) is 41.9 Å². The fourth-order valence-electron chi connectivity index (χ4n) is 4.28. The minimum atomic E-state index is -3.66. The second-order valence-electron chi connectivity index (χ2n) is 8.76. The first kappa shape index (κ1) is 23.4. The second kappa shape index (κ2) is 10.5. The Labute approximate surface area is 204 Å². The minimum Gasteiger partial charge on any atom is -0.340 e. The Morgan fingerprint density at radius 2 is 1.83 bits per heavy atom. The maximum Gasteiger partial charge on any atom is 0.427 e. The molecule has 1 aliphatic rings. The molecule has 2 aromatic heterocycles. The fraction of sp³-hybridized carbons (Fsp3) is 0.320. The van der Waals surface area contributed by atoms with Crippen LogP contribution < -0.4 is 14.8 Å². The summed E-state index contributed by atoms with van der Waals surface area (Å²) in [7, 11) is -3.66. The number of H-pyrrole nitrogens is 2. The molecular formula is C25H29N6O3S+. The van der Waals surface area contributed by atoms with E-state index in [4.69, 9.17) is 4.84 Å². The van der Waals surface area contributed by atoms with Gasteiger partial charge in [0.2, 0.25) is 10.0 Å². The molecule has 2 heterocycles. The zero-order chi connectivity index (χ0) is 24.1. The highest BCUT2D eigenvalue weighted by Gasteiger charge is 2.26. The molecule has 0 unspecified atom stereocenters. The van der Waals surface area contributed by atoms with Gasteiger partial charge in [0.25, 0.3) is 5.65 Å². The summed E-state index contributed by atoms with van der Waals surface area (Å²) in [6.07, 6.45) is 9.39. The molecule has 0 saturated heterocycles. The van der Waals surface area contributed by atoms with Crippen molar-refractivity contribution in [3.8, 4) is 0 Å². The van der Waals surface area contributed by atoms with Gasteiger partial charge in [-0.15, -0.1) is 0 Å². The lowest BCUT2D eigenvalue weighted by Crippen LogP contribution is -2.29. The van der Waals surface area contributed by atoms with Crippen LogP contribution in [0.4, 0.5) is 11.6 Å². The number of hydrogen-bond acceptors (Lipinski definition) is 6. The van der Waals surface area contributed by atoms with Gasteiger partial charge in [0, 0.05) is 6.54 Å². The summed E-state index contributed by atoms with van der Waals surface area (Å²) in [5.41, 5.74) is 2.91. The number of anilines is 2. The van der Waals surface area contributed by atoms with Crippen molar-refractivity contribution in [1.29, 1.82) is 0 Å². The summed E-state index contributed by atoms with van der Waals surface area (Å²) in [6.45, 7) is 0.789. The van der Waals surface area contributed by atoms with E-state index in [9.17, 15) is 8.42 Å². The molecule has 4 aromatic rings. The van der Waals surface area contributed by atoms with E-state index < -0.39 is 10.0 Å². The van der Waals surface area contributed by atoms with Crippen LogP contribution in [0, 0.1) is 5.92 Å². The van der Waals surface area contributed by atoms with Crippen LogP contribution in [0.25, 0.3) is 11.2 Å². The van der Waals surface area contributed by atoms with Crippen LogP contribution in [0.1, 0.15) is 37.7 Å². The van der Waals surface area contributed by atoms with E-state index in [1.165, 1.54) is 19.3 Å². The number of nitrogens with one attached hydrogen (secondary N) is 3. The lowest BCUT2D eigenvalue weighted by atomic mass is 9.90. The summed E-state index contributed by atoms with van der Waals surface area (Å²) in [5, 5.41) is 1.62. The van der Waals surface area contributed by atoms with Crippen LogP contribution in [0.5, 0.6) is 0 Å². The van der Waals surface area contributed by atoms with E-state index in [0.29, 0.717) is 29.8 Å². The van der Waals surface area contributed by atoms with Gasteiger partial charge in [0.1, 0.15) is 11.2 Å². The van der Waals surface area contributed by atoms with Gasteiger partial charge in [0.15, 0.2) is 0 Å². The Balaban J connectivity index is 1.36. The molecule has 0 bridgehead atoms. The van der Waals surface area contributed by atoms with Gasteiger partial charge in [-0.2, -0.15) is 0 Å². The number of rotatable bonds is 9. The zero-order valence-electron chi connectivity index (χ0n) is 19.4. The van der Waals surface area contributed by atoms with Crippen molar-refractivity contribution in [2.45, 2.75) is 43.5 Å². The molecular weight excluding hydrogens is 464 g/mol. The highest BCUT2D eigenvalue weighted by Crippen LogP contribution is 2.28. The van der Waals surface area contributed by atoms with Crippen LogP contribution in [0.15, 0.2) is 72.0 Å². The van der Waals surface area contributed by atoms with Crippen LogP contribution in [-0.2, 0) is 21.4 Å². The largest absolute Gasteiger partial charge is 0.427 e. The average molecular weight is 494 g/mol. The summed E-state index contributed by atoms with van der Waals surface area (Å²) in [4.78, 5) is 21.4. The Morgan fingerprint density at radius 3 is 2.60 bits per heavy atom. The van der Waals surface area contributed by atoms with Crippen LogP contribution in [0.3, 0.4) is 0 Å². The number of aromatic nitrogens is 4. The minimum absolute atomic E-state index is 0.184. The van der Waals surface area contributed by atoms with E-state index in [1.807, 2.05) is 30.3 Å². The number of imidazole rings is 1. The number of benzene rings is 2. The molecule has 0 atom stereocenters. The van der Waals surface area contributed by atoms with E-state index in [-0.39, 0.29) is 11.4 Å². The highest BCUT2D eigenvalue weighted by molar-refractivity contribution is 7.89. The molecule has 10 heteroatoms. The molecule has 0 aliphatic heterocycles. The molecule has 1 aliphatic carbocycles. The predicted octanol–water partition coefficient (Wildman–Crippen LogP) is 3.90. The topological polar surface area (TPSA) is 114 Å². The summed E-state index contributed by atoms with van der Waals surface area (Å²) >= 11 is 0. The molecule has 0 amide bonds. The first-order chi connectivity index (χ1) is 17.1. The summed E-state index contributed by atoms with van der Waals surface area (Å²) in [5.74, 6) is 0.959. The molecule has 0 radical (unpaired) electrons. The van der Waals surface area contributed by atoms with Gasteiger partial charge < -0.3 is 4.98 Å². The van der Waals surface area contributed by atoms with Crippen molar-refractivity contribution in [3.05, 3.63) is 72.7 Å². The molecule has 9 nitrogen and oxygen atoms in total. The second-order valence-corrected chi connectivity index (χ2v) is 10.5. The Bertz CT molecular complexity index is 1350. The normalized spacial score (nSPS) is 14.9. The van der Waals surface area contributed by atoms with Gasteiger partial charge in [-0.3, -0.25) is 0 Å². The van der Waals surface area contributed by atoms with Crippen LogP contribution in [-0.4, -0.2) is 30.0 Å². The number of sulfonamides is 1. The van der Waals surface area contributed by atoms with Crippen molar-refractivity contribution < 1.29 is 18.2 Å². The van der Waals surface area contributed by atoms with Crippen molar-refractivity contribution in [2.24, 2.45) is 5.92 Å². The summed E-state index contributed by atoms with van der Waals surface area (Å²) < 4.78 is 28.3. The molecule has 0 spiro atoms. The quantitative estimate of drug-likeness (QED) is 0.342. The SMILES string of the molecule is O=S(=O)(NCc1ccccc1)c1ccc(N(OCC2CCCCC2)c2nc3nc[nH]c3c[nH+]2)cc1. The highest BCUT2D eigenvalue weighted by atomic mass is 32.2. The smallest absolute Gasteiger partial charge is 0.340 e. The van der Waals surface area contributed by atoms with Crippen molar-refractivity contribution >= 4 is 32.8 Å². The predicted molar refractivity (Wildman–Crippen MR) is 132 cm³/mol. The van der Waals surface area contributed by atoms with Gasteiger partial charge in [-0.1, -0.05) is 54.7 Å². The first-order valence-electron chi connectivity index (χ1n) is 11.9. The zero-order valence-corrected chi connectivity index (χ0v) is 20.2. The first-order valence-corrected chi connectivity index (χ1v) is 13.4. The van der Waals surface area contributed by atoms with Gasteiger partial charge in [-0.25, -0.2) is 27.9 Å². The average Bonchev–Trinajstić information content (AvgIpc) is 3.37. The molecule has 35 heavy (non-hydrogen) atoms. The number of aromatic amines is 2. The van der Waals surface area contributed by atoms with E-state index in [0.717, 1.165) is 23.9 Å².